The number of nitrogens with zero attached hydrogens (tertiary/aromatic N) is 4. The first kappa shape index (κ1) is 20.0. The van der Waals surface area contributed by atoms with E-state index in [1.807, 2.05) is 12.1 Å². The van der Waals surface area contributed by atoms with Crippen molar-refractivity contribution in [2.75, 3.05) is 19.1 Å². The summed E-state index contributed by atoms with van der Waals surface area (Å²) in [4.78, 5) is 22.9. The summed E-state index contributed by atoms with van der Waals surface area (Å²) in [6.45, 7) is -0.496. The van der Waals surface area contributed by atoms with E-state index in [1.165, 1.54) is 17.1 Å². The SMILES string of the molecule is COc1ccccc1C=NNc1nc2c(=O)[nH]cnc2n1C1OC(CO)C(O)C1O. The van der Waals surface area contributed by atoms with E-state index in [1.54, 1.807) is 19.2 Å². The molecule has 1 saturated heterocycles. The largest absolute Gasteiger partial charge is 0.496 e. The molecular formula is C18H20N6O6. The zero-order valence-electron chi connectivity index (χ0n) is 15.8. The predicted molar refractivity (Wildman–Crippen MR) is 105 cm³/mol. The Balaban J connectivity index is 1.73. The van der Waals surface area contributed by atoms with Gasteiger partial charge in [-0.15, -0.1) is 0 Å². The highest BCUT2D eigenvalue weighted by atomic mass is 16.6. The van der Waals surface area contributed by atoms with Gasteiger partial charge >= 0.3 is 0 Å². The molecule has 12 heteroatoms. The van der Waals surface area contributed by atoms with Gasteiger partial charge in [0.1, 0.15) is 24.1 Å². The molecule has 4 rings (SSSR count). The normalized spacial score (nSPS) is 24.0. The van der Waals surface area contributed by atoms with Crippen LogP contribution in [0.1, 0.15) is 11.8 Å². The van der Waals surface area contributed by atoms with Crippen molar-refractivity contribution in [2.45, 2.75) is 24.5 Å². The maximum atomic E-state index is 12.2. The van der Waals surface area contributed by atoms with Gasteiger partial charge in [0.05, 0.1) is 26.3 Å². The Morgan fingerprint density at radius 2 is 2.17 bits per heavy atom. The number of H-pyrrole nitrogens is 1. The highest BCUT2D eigenvalue weighted by molar-refractivity contribution is 5.84. The predicted octanol–water partition coefficient (Wildman–Crippen LogP) is -0.814. The summed E-state index contributed by atoms with van der Waals surface area (Å²) in [6.07, 6.45) is -2.19. The molecule has 1 fully saturated rings. The number of aliphatic hydroxyl groups is 3. The lowest BCUT2D eigenvalue weighted by atomic mass is 10.1. The Kier molecular flexibility index (Phi) is 5.46. The Morgan fingerprint density at radius 1 is 1.37 bits per heavy atom. The van der Waals surface area contributed by atoms with E-state index in [4.69, 9.17) is 9.47 Å². The summed E-state index contributed by atoms with van der Waals surface area (Å²) in [7, 11) is 1.54. The number of rotatable bonds is 6. The van der Waals surface area contributed by atoms with Crippen LogP contribution >= 0.6 is 0 Å². The molecule has 0 aliphatic carbocycles. The molecular weight excluding hydrogens is 396 g/mol. The zero-order valence-corrected chi connectivity index (χ0v) is 15.8. The van der Waals surface area contributed by atoms with Gasteiger partial charge in [0, 0.05) is 5.56 Å². The van der Waals surface area contributed by atoms with Gasteiger partial charge in [-0.1, -0.05) is 12.1 Å². The molecule has 3 aromatic rings. The van der Waals surface area contributed by atoms with Crippen LogP contribution < -0.4 is 15.7 Å². The number of anilines is 1. The number of aromatic amines is 1. The van der Waals surface area contributed by atoms with Crippen LogP contribution in [0.3, 0.4) is 0 Å². The van der Waals surface area contributed by atoms with Crippen molar-refractivity contribution in [3.05, 3.63) is 46.5 Å². The molecule has 4 unspecified atom stereocenters. The second kappa shape index (κ2) is 8.20. The maximum Gasteiger partial charge on any atom is 0.278 e. The number of aliphatic hydroxyl groups excluding tert-OH is 3. The lowest BCUT2D eigenvalue weighted by Gasteiger charge is -2.18. The first-order chi connectivity index (χ1) is 14.5. The number of aromatic nitrogens is 4. The van der Waals surface area contributed by atoms with Crippen molar-refractivity contribution in [1.82, 2.24) is 19.5 Å². The van der Waals surface area contributed by atoms with E-state index in [2.05, 4.69) is 25.5 Å². The van der Waals surface area contributed by atoms with E-state index in [9.17, 15) is 20.1 Å². The fourth-order valence-electron chi connectivity index (χ4n) is 3.27. The number of fused-ring (bicyclic) bond motifs is 1. The van der Waals surface area contributed by atoms with Crippen LogP contribution in [-0.2, 0) is 4.74 Å². The van der Waals surface area contributed by atoms with Gasteiger partial charge in [0.25, 0.3) is 5.56 Å². The number of hydrogen-bond donors (Lipinski definition) is 5. The zero-order chi connectivity index (χ0) is 21.3. The fourth-order valence-corrected chi connectivity index (χ4v) is 3.27. The first-order valence-corrected chi connectivity index (χ1v) is 9.05. The Hall–Kier alpha value is -3.32. The average molecular weight is 416 g/mol. The number of benzene rings is 1. The summed E-state index contributed by atoms with van der Waals surface area (Å²) in [5.74, 6) is 0.660. The van der Waals surface area contributed by atoms with E-state index in [0.29, 0.717) is 11.3 Å². The minimum Gasteiger partial charge on any atom is -0.496 e. The molecule has 158 valence electrons. The van der Waals surface area contributed by atoms with Gasteiger partial charge in [-0.2, -0.15) is 5.10 Å². The van der Waals surface area contributed by atoms with Gasteiger partial charge < -0.3 is 29.8 Å². The third-order valence-corrected chi connectivity index (χ3v) is 4.76. The Bertz CT molecular complexity index is 1130. The number of hydrogen-bond acceptors (Lipinski definition) is 10. The second-order valence-electron chi connectivity index (χ2n) is 6.55. The summed E-state index contributed by atoms with van der Waals surface area (Å²) < 4.78 is 12.2. The van der Waals surface area contributed by atoms with E-state index in [-0.39, 0.29) is 17.1 Å². The molecule has 12 nitrogen and oxygen atoms in total. The Labute approximate surface area is 169 Å². The second-order valence-corrected chi connectivity index (χ2v) is 6.55. The first-order valence-electron chi connectivity index (χ1n) is 9.05. The molecule has 3 heterocycles. The summed E-state index contributed by atoms with van der Waals surface area (Å²) in [6, 6.07) is 7.22. The molecule has 0 bridgehead atoms. The lowest BCUT2D eigenvalue weighted by Crippen LogP contribution is -2.33. The van der Waals surface area contributed by atoms with Crippen molar-refractivity contribution >= 4 is 23.3 Å². The minimum absolute atomic E-state index is 0.00905. The average Bonchev–Trinajstić information content (AvgIpc) is 3.26. The molecule has 1 aromatic carbocycles. The van der Waals surface area contributed by atoms with E-state index >= 15 is 0 Å². The van der Waals surface area contributed by atoms with Gasteiger partial charge in [0.15, 0.2) is 17.4 Å². The van der Waals surface area contributed by atoms with Crippen LogP contribution in [0.4, 0.5) is 5.95 Å². The summed E-state index contributed by atoms with van der Waals surface area (Å²) >= 11 is 0. The number of nitrogens with one attached hydrogen (secondary N) is 2. The minimum atomic E-state index is -1.39. The molecule has 1 aliphatic rings. The van der Waals surface area contributed by atoms with Gasteiger partial charge in [-0.25, -0.2) is 15.4 Å². The maximum absolute atomic E-state index is 12.2. The van der Waals surface area contributed by atoms with Crippen molar-refractivity contribution < 1.29 is 24.8 Å². The molecule has 2 aromatic heterocycles. The Morgan fingerprint density at radius 3 is 2.90 bits per heavy atom. The standard InChI is InChI=1S/C18H20N6O6/c1-29-10-5-3-2-4-9(10)6-21-23-18-22-12-15(19-8-20-16(12)28)24(18)17-14(27)13(26)11(7-25)30-17/h2-6,8,11,13-14,17,25-27H,7H2,1H3,(H,22,23)(H,19,20,28). The van der Waals surface area contributed by atoms with Crippen LogP contribution in [0.5, 0.6) is 5.75 Å². The van der Waals surface area contributed by atoms with Crippen LogP contribution in [-0.4, -0.2) is 73.1 Å². The molecule has 0 spiro atoms. The van der Waals surface area contributed by atoms with E-state index < -0.39 is 36.7 Å². The fraction of sp³-hybridized carbons (Fsp3) is 0.333. The number of imidazole rings is 1. The number of para-hydroxylation sites is 1. The highest BCUT2D eigenvalue weighted by Crippen LogP contribution is 2.33. The molecule has 30 heavy (non-hydrogen) atoms. The third-order valence-electron chi connectivity index (χ3n) is 4.76. The van der Waals surface area contributed by atoms with Crippen LogP contribution in [0, 0.1) is 0 Å². The van der Waals surface area contributed by atoms with Crippen molar-refractivity contribution in [2.24, 2.45) is 5.10 Å². The van der Waals surface area contributed by atoms with Gasteiger partial charge in [-0.3, -0.25) is 9.36 Å². The smallest absolute Gasteiger partial charge is 0.278 e. The van der Waals surface area contributed by atoms with Crippen molar-refractivity contribution in [3.63, 3.8) is 0 Å². The molecule has 5 N–H and O–H groups in total. The topological polar surface area (TPSA) is 167 Å². The molecule has 1 aliphatic heterocycles. The molecule has 0 saturated carbocycles. The number of hydrazone groups is 1. The van der Waals surface area contributed by atoms with Crippen molar-refractivity contribution in [1.29, 1.82) is 0 Å². The number of methoxy groups -OCH3 is 1. The quantitative estimate of drug-likeness (QED) is 0.255. The molecule has 0 amide bonds. The molecule has 0 radical (unpaired) electrons. The monoisotopic (exact) mass is 416 g/mol. The van der Waals surface area contributed by atoms with Crippen LogP contribution in [0.15, 0.2) is 40.5 Å². The highest BCUT2D eigenvalue weighted by Gasteiger charge is 2.45. The van der Waals surface area contributed by atoms with Crippen LogP contribution in [0.2, 0.25) is 0 Å². The van der Waals surface area contributed by atoms with E-state index in [0.717, 1.165) is 0 Å². The molecule has 4 atom stereocenters. The summed E-state index contributed by atoms with van der Waals surface area (Å²) in [5.41, 5.74) is 3.01. The van der Waals surface area contributed by atoms with Crippen LogP contribution in [0.25, 0.3) is 11.2 Å². The third kappa shape index (κ3) is 3.41. The number of ether oxygens (including phenoxy) is 2. The summed E-state index contributed by atoms with van der Waals surface area (Å²) in [5, 5.41) is 34.0. The van der Waals surface area contributed by atoms with Gasteiger partial charge in [0.2, 0.25) is 5.95 Å². The lowest BCUT2D eigenvalue weighted by molar-refractivity contribution is -0.0501. The van der Waals surface area contributed by atoms with Gasteiger partial charge in [-0.05, 0) is 12.1 Å². The van der Waals surface area contributed by atoms with Crippen molar-refractivity contribution in [3.8, 4) is 5.75 Å².